The molecule has 1 aromatic rings. The van der Waals surface area contributed by atoms with Crippen molar-refractivity contribution in [2.75, 3.05) is 32.8 Å². The fourth-order valence-electron chi connectivity index (χ4n) is 2.93. The van der Waals surface area contributed by atoms with E-state index in [1.165, 1.54) is 5.69 Å². The molecule has 1 aliphatic heterocycles. The minimum Gasteiger partial charge on any atom is -0.378 e. The molecule has 0 saturated carbocycles. The Bertz CT molecular complexity index is 403. The molecule has 1 saturated heterocycles. The number of hydrogen-bond donors (Lipinski definition) is 1. The van der Waals surface area contributed by atoms with E-state index in [2.05, 4.69) is 47.9 Å². The van der Waals surface area contributed by atoms with Crippen LogP contribution in [0.3, 0.4) is 0 Å². The first-order valence-electron chi connectivity index (χ1n) is 8.34. The third-order valence-corrected chi connectivity index (χ3v) is 4.32. The summed E-state index contributed by atoms with van der Waals surface area (Å²) in [6.07, 6.45) is 4.41. The largest absolute Gasteiger partial charge is 0.378 e. The van der Waals surface area contributed by atoms with Crippen LogP contribution in [0.1, 0.15) is 45.3 Å². The summed E-state index contributed by atoms with van der Waals surface area (Å²) < 4.78 is 7.75. The fraction of sp³-hybridized carbons (Fsp3) is 0.812. The maximum absolute atomic E-state index is 5.62. The Morgan fingerprint density at radius 3 is 2.90 bits per heavy atom. The SMILES string of the molecule is CCNCC1COCCN1Cc1ccn(C(CC)CC)n1. The van der Waals surface area contributed by atoms with Gasteiger partial charge >= 0.3 is 0 Å². The topological polar surface area (TPSA) is 42.3 Å². The molecule has 1 aliphatic rings. The van der Waals surface area contributed by atoms with Crippen molar-refractivity contribution in [3.8, 4) is 0 Å². The first-order chi connectivity index (χ1) is 10.3. The highest BCUT2D eigenvalue weighted by Gasteiger charge is 2.23. The molecule has 0 spiro atoms. The number of hydrogen-bond acceptors (Lipinski definition) is 4. The van der Waals surface area contributed by atoms with E-state index in [-0.39, 0.29) is 0 Å². The summed E-state index contributed by atoms with van der Waals surface area (Å²) in [4.78, 5) is 2.49. The number of nitrogens with one attached hydrogen (secondary N) is 1. The first kappa shape index (κ1) is 16.5. The van der Waals surface area contributed by atoms with Crippen LogP contribution in [0, 0.1) is 0 Å². The van der Waals surface area contributed by atoms with Crippen molar-refractivity contribution in [2.45, 2.75) is 52.2 Å². The van der Waals surface area contributed by atoms with Gasteiger partial charge in [-0.1, -0.05) is 20.8 Å². The van der Waals surface area contributed by atoms with E-state index < -0.39 is 0 Å². The lowest BCUT2D eigenvalue weighted by Crippen LogP contribution is -2.49. The smallest absolute Gasteiger partial charge is 0.0765 e. The van der Waals surface area contributed by atoms with Crippen LogP contribution in [0.4, 0.5) is 0 Å². The highest BCUT2D eigenvalue weighted by atomic mass is 16.5. The Hall–Kier alpha value is -0.910. The Balaban J connectivity index is 1.95. The van der Waals surface area contributed by atoms with Crippen molar-refractivity contribution < 1.29 is 4.74 Å². The van der Waals surface area contributed by atoms with Gasteiger partial charge in [0.05, 0.1) is 24.9 Å². The zero-order chi connectivity index (χ0) is 15.1. The molecule has 0 amide bonds. The number of nitrogens with zero attached hydrogens (tertiary/aromatic N) is 3. The summed E-state index contributed by atoms with van der Waals surface area (Å²) in [7, 11) is 0. The van der Waals surface area contributed by atoms with Crippen molar-refractivity contribution in [1.82, 2.24) is 20.0 Å². The maximum atomic E-state index is 5.62. The molecule has 1 atom stereocenters. The monoisotopic (exact) mass is 294 g/mol. The van der Waals surface area contributed by atoms with Crippen molar-refractivity contribution in [3.05, 3.63) is 18.0 Å². The van der Waals surface area contributed by atoms with Gasteiger partial charge in [-0.2, -0.15) is 5.10 Å². The lowest BCUT2D eigenvalue weighted by Gasteiger charge is -2.35. The molecule has 0 aliphatic carbocycles. The van der Waals surface area contributed by atoms with Gasteiger partial charge in [0.15, 0.2) is 0 Å². The molecule has 0 bridgehead atoms. The number of ether oxygens (including phenoxy) is 1. The second kappa shape index (κ2) is 8.51. The van der Waals surface area contributed by atoms with Gasteiger partial charge in [-0.15, -0.1) is 0 Å². The number of aromatic nitrogens is 2. The normalized spacial score (nSPS) is 20.3. The van der Waals surface area contributed by atoms with Gasteiger partial charge in [-0.05, 0) is 25.5 Å². The van der Waals surface area contributed by atoms with E-state index in [0.29, 0.717) is 12.1 Å². The second-order valence-electron chi connectivity index (χ2n) is 5.76. The third kappa shape index (κ3) is 4.53. The van der Waals surface area contributed by atoms with E-state index >= 15 is 0 Å². The van der Waals surface area contributed by atoms with E-state index in [1.54, 1.807) is 0 Å². The van der Waals surface area contributed by atoms with Crippen LogP contribution >= 0.6 is 0 Å². The van der Waals surface area contributed by atoms with E-state index in [9.17, 15) is 0 Å². The van der Waals surface area contributed by atoms with Crippen molar-refractivity contribution in [1.29, 1.82) is 0 Å². The summed E-state index contributed by atoms with van der Waals surface area (Å²) >= 11 is 0. The Kier molecular flexibility index (Phi) is 6.67. The molecule has 1 N–H and O–H groups in total. The number of rotatable bonds is 8. The van der Waals surface area contributed by atoms with Crippen LogP contribution in [-0.4, -0.2) is 53.6 Å². The Morgan fingerprint density at radius 1 is 1.38 bits per heavy atom. The number of morpholine rings is 1. The zero-order valence-electron chi connectivity index (χ0n) is 13.7. The van der Waals surface area contributed by atoms with Crippen molar-refractivity contribution >= 4 is 0 Å². The lowest BCUT2D eigenvalue weighted by atomic mass is 10.2. The molecule has 5 nitrogen and oxygen atoms in total. The maximum Gasteiger partial charge on any atom is 0.0765 e. The minimum atomic E-state index is 0.456. The van der Waals surface area contributed by atoms with Crippen LogP contribution in [-0.2, 0) is 11.3 Å². The van der Waals surface area contributed by atoms with Crippen molar-refractivity contribution in [2.24, 2.45) is 0 Å². The molecule has 1 fully saturated rings. The van der Waals surface area contributed by atoms with Gasteiger partial charge in [0, 0.05) is 31.9 Å². The molecule has 1 aromatic heterocycles. The van der Waals surface area contributed by atoms with Crippen molar-refractivity contribution in [3.63, 3.8) is 0 Å². The molecule has 120 valence electrons. The minimum absolute atomic E-state index is 0.456. The lowest BCUT2D eigenvalue weighted by molar-refractivity contribution is -0.0113. The summed E-state index contributed by atoms with van der Waals surface area (Å²) in [6, 6.07) is 3.15. The van der Waals surface area contributed by atoms with Gasteiger partial charge in [0.2, 0.25) is 0 Å². The Labute approximate surface area is 128 Å². The zero-order valence-corrected chi connectivity index (χ0v) is 13.7. The predicted molar refractivity (Wildman–Crippen MR) is 85.4 cm³/mol. The summed E-state index contributed by atoms with van der Waals surface area (Å²) in [5.41, 5.74) is 1.17. The molecular weight excluding hydrogens is 264 g/mol. The van der Waals surface area contributed by atoms with Crippen LogP contribution in [0.5, 0.6) is 0 Å². The number of likely N-dealkylation sites (N-methyl/N-ethyl adjacent to an activating group) is 1. The molecule has 1 unspecified atom stereocenters. The second-order valence-corrected chi connectivity index (χ2v) is 5.76. The molecule has 0 aromatic carbocycles. The molecule has 21 heavy (non-hydrogen) atoms. The summed E-state index contributed by atoms with van der Waals surface area (Å²) in [6.45, 7) is 12.2. The van der Waals surface area contributed by atoms with Crippen LogP contribution in [0.25, 0.3) is 0 Å². The highest BCUT2D eigenvalue weighted by Crippen LogP contribution is 2.16. The van der Waals surface area contributed by atoms with Gasteiger partial charge < -0.3 is 10.1 Å². The van der Waals surface area contributed by atoms with Crippen LogP contribution < -0.4 is 5.32 Å². The van der Waals surface area contributed by atoms with Gasteiger partial charge in [-0.3, -0.25) is 9.58 Å². The molecular formula is C16H30N4O. The van der Waals surface area contributed by atoms with Crippen LogP contribution in [0.2, 0.25) is 0 Å². The van der Waals surface area contributed by atoms with Gasteiger partial charge in [0.1, 0.15) is 0 Å². The van der Waals surface area contributed by atoms with Crippen LogP contribution in [0.15, 0.2) is 12.3 Å². The molecule has 2 heterocycles. The van der Waals surface area contributed by atoms with E-state index in [4.69, 9.17) is 9.84 Å². The molecule has 2 rings (SSSR count). The van der Waals surface area contributed by atoms with Gasteiger partial charge in [0.25, 0.3) is 0 Å². The van der Waals surface area contributed by atoms with E-state index in [1.807, 2.05) is 0 Å². The molecule has 0 radical (unpaired) electrons. The standard InChI is InChI=1S/C16H30N4O/c1-4-15(5-2)20-8-7-14(18-20)12-19-9-10-21-13-16(19)11-17-6-3/h7-8,15-17H,4-6,9-13H2,1-3H3. The van der Waals surface area contributed by atoms with Gasteiger partial charge in [-0.25, -0.2) is 0 Å². The summed E-state index contributed by atoms with van der Waals surface area (Å²) in [5, 5.41) is 8.20. The molecule has 5 heteroatoms. The third-order valence-electron chi connectivity index (χ3n) is 4.32. The predicted octanol–water partition coefficient (Wildman–Crippen LogP) is 2.05. The highest BCUT2D eigenvalue weighted by molar-refractivity contribution is 5.01. The fourth-order valence-corrected chi connectivity index (χ4v) is 2.93. The average molecular weight is 294 g/mol. The summed E-state index contributed by atoms with van der Waals surface area (Å²) in [5.74, 6) is 0. The van der Waals surface area contributed by atoms with E-state index in [0.717, 1.165) is 52.2 Å². The Morgan fingerprint density at radius 2 is 2.19 bits per heavy atom. The first-order valence-corrected chi connectivity index (χ1v) is 8.34. The quantitative estimate of drug-likeness (QED) is 0.797. The average Bonchev–Trinajstić information content (AvgIpc) is 2.96.